The molecule has 7 nitrogen and oxygen atoms in total. The third-order valence-electron chi connectivity index (χ3n) is 3.04. The Bertz CT molecular complexity index is 698. The minimum Gasteiger partial charge on any atom is -0.337 e. The van der Waals surface area contributed by atoms with Crippen molar-refractivity contribution in [2.24, 2.45) is 7.05 Å². The van der Waals surface area contributed by atoms with Crippen molar-refractivity contribution in [2.45, 2.75) is 6.54 Å². The summed E-state index contributed by atoms with van der Waals surface area (Å²) in [7, 11) is 3.46. The number of amides is 1. The molecule has 0 aliphatic heterocycles. The lowest BCUT2D eigenvalue weighted by molar-refractivity contribution is -0.384. The molecule has 0 atom stereocenters. The average molecular weight is 353 g/mol. The van der Waals surface area contributed by atoms with Gasteiger partial charge in [0, 0.05) is 43.1 Å². The smallest absolute Gasteiger partial charge is 0.270 e. The maximum atomic E-state index is 12.4. The van der Waals surface area contributed by atoms with E-state index in [1.165, 1.54) is 23.1 Å². The maximum Gasteiger partial charge on any atom is 0.270 e. The SMILES string of the molecule is CN(Cc1nccn1C)C(=O)c1cc([N+](=O)[O-])ccc1Br. The van der Waals surface area contributed by atoms with Gasteiger partial charge in [-0.05, 0) is 22.0 Å². The van der Waals surface area contributed by atoms with Gasteiger partial charge in [0.1, 0.15) is 5.82 Å². The van der Waals surface area contributed by atoms with Crippen LogP contribution in [0.5, 0.6) is 0 Å². The largest absolute Gasteiger partial charge is 0.337 e. The van der Waals surface area contributed by atoms with Crippen molar-refractivity contribution >= 4 is 27.5 Å². The van der Waals surface area contributed by atoms with Gasteiger partial charge in [0.05, 0.1) is 17.0 Å². The number of benzene rings is 1. The number of hydrogen-bond acceptors (Lipinski definition) is 4. The first-order chi connectivity index (χ1) is 9.90. The second-order valence-electron chi connectivity index (χ2n) is 4.54. The first-order valence-corrected chi connectivity index (χ1v) is 6.85. The molecule has 0 unspecified atom stereocenters. The number of carbonyl (C=O) groups excluding carboxylic acids is 1. The quantitative estimate of drug-likeness (QED) is 0.624. The van der Waals surface area contributed by atoms with E-state index in [1.54, 1.807) is 19.4 Å². The molecule has 0 saturated heterocycles. The zero-order chi connectivity index (χ0) is 15.6. The molecule has 0 saturated carbocycles. The summed E-state index contributed by atoms with van der Waals surface area (Å²) >= 11 is 3.25. The van der Waals surface area contributed by atoms with E-state index < -0.39 is 4.92 Å². The molecule has 1 aromatic carbocycles. The van der Waals surface area contributed by atoms with Crippen LogP contribution >= 0.6 is 15.9 Å². The Hall–Kier alpha value is -2.22. The van der Waals surface area contributed by atoms with Crippen molar-refractivity contribution in [1.29, 1.82) is 0 Å². The summed E-state index contributed by atoms with van der Waals surface area (Å²) < 4.78 is 2.33. The predicted octanol–water partition coefficient (Wildman–Crippen LogP) is 2.36. The summed E-state index contributed by atoms with van der Waals surface area (Å²) in [6.07, 6.45) is 3.44. The van der Waals surface area contributed by atoms with Gasteiger partial charge >= 0.3 is 0 Å². The second kappa shape index (κ2) is 6.04. The van der Waals surface area contributed by atoms with Crippen LogP contribution in [-0.4, -0.2) is 32.3 Å². The van der Waals surface area contributed by atoms with Crippen LogP contribution in [0.25, 0.3) is 0 Å². The fourth-order valence-electron chi connectivity index (χ4n) is 1.83. The Labute approximate surface area is 129 Å². The van der Waals surface area contributed by atoms with Gasteiger partial charge in [-0.15, -0.1) is 0 Å². The van der Waals surface area contributed by atoms with E-state index in [4.69, 9.17) is 0 Å². The lowest BCUT2D eigenvalue weighted by atomic mass is 10.2. The van der Waals surface area contributed by atoms with Crippen LogP contribution in [0.1, 0.15) is 16.2 Å². The minimum atomic E-state index is -0.526. The van der Waals surface area contributed by atoms with Crippen LogP contribution < -0.4 is 0 Å². The molecule has 0 bridgehead atoms. The zero-order valence-corrected chi connectivity index (χ0v) is 13.1. The fourth-order valence-corrected chi connectivity index (χ4v) is 2.25. The van der Waals surface area contributed by atoms with Gasteiger partial charge < -0.3 is 9.47 Å². The molecule has 1 amide bonds. The van der Waals surface area contributed by atoms with E-state index in [2.05, 4.69) is 20.9 Å². The Balaban J connectivity index is 2.25. The van der Waals surface area contributed by atoms with Crippen LogP contribution in [-0.2, 0) is 13.6 Å². The van der Waals surface area contributed by atoms with Crippen molar-refractivity contribution in [1.82, 2.24) is 14.5 Å². The molecule has 1 heterocycles. The van der Waals surface area contributed by atoms with E-state index in [0.29, 0.717) is 11.0 Å². The van der Waals surface area contributed by atoms with Crippen LogP contribution in [0.15, 0.2) is 35.1 Å². The number of hydrogen-bond donors (Lipinski definition) is 0. The number of halogens is 1. The monoisotopic (exact) mass is 352 g/mol. The Morgan fingerprint density at radius 2 is 2.24 bits per heavy atom. The molecule has 0 spiro atoms. The van der Waals surface area contributed by atoms with E-state index in [9.17, 15) is 14.9 Å². The van der Waals surface area contributed by atoms with Gasteiger partial charge in [-0.1, -0.05) is 0 Å². The van der Waals surface area contributed by atoms with Gasteiger partial charge in [-0.3, -0.25) is 14.9 Å². The highest BCUT2D eigenvalue weighted by Crippen LogP contribution is 2.24. The molecule has 0 aliphatic carbocycles. The van der Waals surface area contributed by atoms with Crippen molar-refractivity contribution in [3.63, 3.8) is 0 Å². The number of non-ortho nitro benzene ring substituents is 1. The van der Waals surface area contributed by atoms with Crippen molar-refractivity contribution in [3.8, 4) is 0 Å². The maximum absolute atomic E-state index is 12.4. The lowest BCUT2D eigenvalue weighted by Crippen LogP contribution is -2.27. The number of carbonyl (C=O) groups is 1. The third-order valence-corrected chi connectivity index (χ3v) is 3.73. The number of nitro groups is 1. The minimum absolute atomic E-state index is 0.119. The van der Waals surface area contributed by atoms with Gasteiger partial charge in [0.25, 0.3) is 11.6 Å². The van der Waals surface area contributed by atoms with Gasteiger partial charge in [0.15, 0.2) is 0 Å². The standard InChI is InChI=1S/C13H13BrN4O3/c1-16-6-5-15-12(16)8-17(2)13(19)10-7-9(18(20)21)3-4-11(10)14/h3-7H,8H2,1-2H3. The van der Waals surface area contributed by atoms with Gasteiger partial charge in [-0.25, -0.2) is 4.98 Å². The predicted molar refractivity (Wildman–Crippen MR) is 79.8 cm³/mol. The highest BCUT2D eigenvalue weighted by atomic mass is 79.9. The molecule has 110 valence electrons. The van der Waals surface area contributed by atoms with Gasteiger partial charge in [-0.2, -0.15) is 0 Å². The summed E-state index contributed by atoms with van der Waals surface area (Å²) in [5.74, 6) is 0.418. The summed E-state index contributed by atoms with van der Waals surface area (Å²) in [5.41, 5.74) is 0.132. The fraction of sp³-hybridized carbons (Fsp3) is 0.231. The average Bonchev–Trinajstić information content (AvgIpc) is 2.83. The molecular formula is C13H13BrN4O3. The number of rotatable bonds is 4. The van der Waals surface area contributed by atoms with Crippen LogP contribution in [0.2, 0.25) is 0 Å². The Kier molecular flexibility index (Phi) is 4.37. The summed E-state index contributed by atoms with van der Waals surface area (Å²) in [5, 5.41) is 10.8. The molecule has 0 aliphatic rings. The van der Waals surface area contributed by atoms with Crippen molar-refractivity contribution in [2.75, 3.05) is 7.05 Å². The highest BCUT2D eigenvalue weighted by Gasteiger charge is 2.19. The van der Waals surface area contributed by atoms with Crippen LogP contribution in [0.4, 0.5) is 5.69 Å². The molecule has 0 N–H and O–H groups in total. The number of nitrogens with zero attached hydrogens (tertiary/aromatic N) is 4. The van der Waals surface area contributed by atoms with Crippen molar-refractivity contribution < 1.29 is 9.72 Å². The first-order valence-electron chi connectivity index (χ1n) is 6.05. The third kappa shape index (κ3) is 3.27. The molecule has 21 heavy (non-hydrogen) atoms. The number of nitro benzene ring substituents is 1. The normalized spacial score (nSPS) is 10.4. The number of aryl methyl sites for hydroxylation is 1. The van der Waals surface area contributed by atoms with Gasteiger partial charge in [0.2, 0.25) is 0 Å². The van der Waals surface area contributed by atoms with Crippen LogP contribution in [0.3, 0.4) is 0 Å². The number of imidazole rings is 1. The topological polar surface area (TPSA) is 81.3 Å². The first kappa shape index (κ1) is 15.2. The van der Waals surface area contributed by atoms with E-state index in [-0.39, 0.29) is 17.2 Å². The molecule has 1 aromatic heterocycles. The Morgan fingerprint density at radius 3 is 2.81 bits per heavy atom. The molecule has 0 fully saturated rings. The molecule has 0 radical (unpaired) electrons. The molecule has 2 aromatic rings. The van der Waals surface area contributed by atoms with E-state index in [0.717, 1.165) is 5.82 Å². The summed E-state index contributed by atoms with van der Waals surface area (Å²) in [6.45, 7) is 0.317. The molecule has 2 rings (SSSR count). The zero-order valence-electron chi connectivity index (χ0n) is 11.5. The van der Waals surface area contributed by atoms with E-state index in [1.807, 2.05) is 11.6 Å². The highest BCUT2D eigenvalue weighted by molar-refractivity contribution is 9.10. The summed E-state index contributed by atoms with van der Waals surface area (Å²) in [6, 6.07) is 4.11. The Morgan fingerprint density at radius 1 is 1.52 bits per heavy atom. The molecular weight excluding hydrogens is 340 g/mol. The molecule has 8 heteroatoms. The van der Waals surface area contributed by atoms with Crippen LogP contribution in [0, 0.1) is 10.1 Å². The second-order valence-corrected chi connectivity index (χ2v) is 5.39. The van der Waals surface area contributed by atoms with Crippen molar-refractivity contribution in [3.05, 3.63) is 56.6 Å². The van der Waals surface area contributed by atoms with E-state index >= 15 is 0 Å². The number of aromatic nitrogens is 2. The lowest BCUT2D eigenvalue weighted by Gasteiger charge is -2.17. The summed E-state index contributed by atoms with van der Waals surface area (Å²) in [4.78, 5) is 28.3.